The van der Waals surface area contributed by atoms with Gasteiger partial charge in [-0.2, -0.15) is 5.01 Å². The molecule has 2 saturated heterocycles. The van der Waals surface area contributed by atoms with Crippen LogP contribution < -0.4 is 10.7 Å². The van der Waals surface area contributed by atoms with E-state index in [1.54, 1.807) is 0 Å². The molecule has 0 unspecified atom stereocenters. The van der Waals surface area contributed by atoms with Crippen LogP contribution in [0.5, 0.6) is 0 Å². The molecule has 140 valence electrons. The monoisotopic (exact) mass is 350 g/mol. The van der Waals surface area contributed by atoms with E-state index in [9.17, 15) is 14.4 Å². The number of likely N-dealkylation sites (tertiary alicyclic amines) is 1. The minimum absolute atomic E-state index is 0.265. The van der Waals surface area contributed by atoms with Gasteiger partial charge in [0.15, 0.2) is 0 Å². The number of imide groups is 1. The lowest BCUT2D eigenvalue weighted by Gasteiger charge is -2.30. The summed E-state index contributed by atoms with van der Waals surface area (Å²) in [6.07, 6.45) is 10.8. The van der Waals surface area contributed by atoms with Crippen molar-refractivity contribution in [2.24, 2.45) is 0 Å². The maximum atomic E-state index is 12.6. The Morgan fingerprint density at radius 2 is 1.56 bits per heavy atom. The van der Waals surface area contributed by atoms with Crippen LogP contribution in [0.4, 0.5) is 4.79 Å². The van der Waals surface area contributed by atoms with Gasteiger partial charge in [0.25, 0.3) is 5.91 Å². The first-order valence-electron chi connectivity index (χ1n) is 9.79. The zero-order valence-electron chi connectivity index (χ0n) is 15.0. The van der Waals surface area contributed by atoms with Crippen molar-refractivity contribution < 1.29 is 14.4 Å². The molecular weight excluding hydrogens is 320 g/mol. The lowest BCUT2D eigenvalue weighted by atomic mass is 9.82. The van der Waals surface area contributed by atoms with E-state index in [-0.39, 0.29) is 11.8 Å². The SMILES string of the molecule is O=C(CCN1CCCCCCC1)NN1C(=O)NC2(CCCCC2)C1=O. The molecule has 0 bridgehead atoms. The molecule has 25 heavy (non-hydrogen) atoms. The Labute approximate surface area is 149 Å². The minimum Gasteiger partial charge on any atom is -0.322 e. The molecule has 2 heterocycles. The standard InChI is InChI=1S/C18H30N4O3/c23-15(9-14-21-12-7-2-1-3-8-13-21)20-22-16(24)18(19-17(22)25)10-5-4-6-11-18/h1-14H2,(H,19,25)(H,20,23). The lowest BCUT2D eigenvalue weighted by molar-refractivity contribution is -0.140. The van der Waals surface area contributed by atoms with Gasteiger partial charge in [-0.05, 0) is 38.8 Å². The van der Waals surface area contributed by atoms with Crippen molar-refractivity contribution in [3.05, 3.63) is 0 Å². The van der Waals surface area contributed by atoms with Gasteiger partial charge in [-0.3, -0.25) is 15.0 Å². The van der Waals surface area contributed by atoms with Gasteiger partial charge in [0.05, 0.1) is 0 Å². The predicted molar refractivity (Wildman–Crippen MR) is 93.5 cm³/mol. The Morgan fingerprint density at radius 3 is 2.24 bits per heavy atom. The van der Waals surface area contributed by atoms with Crippen molar-refractivity contribution >= 4 is 17.8 Å². The quantitative estimate of drug-likeness (QED) is 0.759. The predicted octanol–water partition coefficient (Wildman–Crippen LogP) is 1.93. The van der Waals surface area contributed by atoms with Gasteiger partial charge >= 0.3 is 6.03 Å². The highest BCUT2D eigenvalue weighted by molar-refractivity contribution is 6.07. The summed E-state index contributed by atoms with van der Waals surface area (Å²) in [7, 11) is 0. The Hall–Kier alpha value is -1.63. The second kappa shape index (κ2) is 8.17. The van der Waals surface area contributed by atoms with E-state index in [1.807, 2.05) is 0 Å². The molecule has 3 rings (SSSR count). The molecule has 2 N–H and O–H groups in total. The molecule has 0 aromatic carbocycles. The smallest absolute Gasteiger partial charge is 0.322 e. The van der Waals surface area contributed by atoms with Crippen molar-refractivity contribution in [3.63, 3.8) is 0 Å². The van der Waals surface area contributed by atoms with Crippen LogP contribution in [0.2, 0.25) is 0 Å². The fraction of sp³-hybridized carbons (Fsp3) is 0.833. The third kappa shape index (κ3) is 4.32. The summed E-state index contributed by atoms with van der Waals surface area (Å²) in [5.41, 5.74) is 1.74. The highest BCUT2D eigenvalue weighted by Gasteiger charge is 2.52. The summed E-state index contributed by atoms with van der Waals surface area (Å²) >= 11 is 0. The lowest BCUT2D eigenvalue weighted by Crippen LogP contribution is -2.51. The third-order valence-electron chi connectivity index (χ3n) is 5.71. The Balaban J connectivity index is 1.48. The number of hydrogen-bond donors (Lipinski definition) is 2. The summed E-state index contributed by atoms with van der Waals surface area (Å²) in [5, 5.41) is 3.71. The molecule has 1 saturated carbocycles. The Bertz CT molecular complexity index is 508. The van der Waals surface area contributed by atoms with E-state index in [1.165, 1.54) is 32.1 Å². The summed E-state index contributed by atoms with van der Waals surface area (Å²) in [5.74, 6) is -0.560. The number of nitrogens with one attached hydrogen (secondary N) is 2. The number of carbonyl (C=O) groups is 3. The van der Waals surface area contributed by atoms with Gasteiger partial charge in [0.2, 0.25) is 5.91 Å². The van der Waals surface area contributed by atoms with E-state index >= 15 is 0 Å². The van der Waals surface area contributed by atoms with Gasteiger partial charge in [0, 0.05) is 13.0 Å². The van der Waals surface area contributed by atoms with Gasteiger partial charge < -0.3 is 10.2 Å². The second-order valence-electron chi connectivity index (χ2n) is 7.61. The normalized spacial score (nSPS) is 24.7. The maximum Gasteiger partial charge on any atom is 0.344 e. The zero-order chi connectivity index (χ0) is 17.7. The van der Waals surface area contributed by atoms with Crippen molar-refractivity contribution in [1.29, 1.82) is 0 Å². The minimum atomic E-state index is -0.786. The molecule has 1 spiro atoms. The molecule has 3 aliphatic rings. The molecular formula is C18H30N4O3. The molecule has 7 heteroatoms. The second-order valence-corrected chi connectivity index (χ2v) is 7.61. The van der Waals surface area contributed by atoms with E-state index in [4.69, 9.17) is 0 Å². The summed E-state index contributed by atoms with van der Waals surface area (Å²) in [6, 6.07) is -0.494. The van der Waals surface area contributed by atoms with Gasteiger partial charge in [-0.25, -0.2) is 4.79 Å². The number of urea groups is 1. The average Bonchev–Trinajstić information content (AvgIpc) is 2.79. The van der Waals surface area contributed by atoms with Crippen LogP contribution in [0.25, 0.3) is 0 Å². The number of amides is 4. The van der Waals surface area contributed by atoms with E-state index in [0.717, 1.165) is 37.4 Å². The van der Waals surface area contributed by atoms with Crippen LogP contribution in [-0.2, 0) is 9.59 Å². The number of rotatable bonds is 4. The van der Waals surface area contributed by atoms with Crippen molar-refractivity contribution in [1.82, 2.24) is 20.7 Å². The van der Waals surface area contributed by atoms with Crippen LogP contribution in [0.1, 0.15) is 70.6 Å². The van der Waals surface area contributed by atoms with Crippen LogP contribution in [0.3, 0.4) is 0 Å². The highest BCUT2D eigenvalue weighted by atomic mass is 16.2. The Kier molecular flexibility index (Phi) is 5.93. The van der Waals surface area contributed by atoms with Gasteiger partial charge in [0.1, 0.15) is 5.54 Å². The fourth-order valence-electron chi connectivity index (χ4n) is 4.19. The maximum absolute atomic E-state index is 12.6. The van der Waals surface area contributed by atoms with Gasteiger partial charge in [-0.15, -0.1) is 0 Å². The first-order valence-corrected chi connectivity index (χ1v) is 9.79. The van der Waals surface area contributed by atoms with Gasteiger partial charge in [-0.1, -0.05) is 38.5 Å². The van der Waals surface area contributed by atoms with Crippen molar-refractivity contribution in [2.45, 2.75) is 76.2 Å². The molecule has 4 amide bonds. The Morgan fingerprint density at radius 1 is 0.960 bits per heavy atom. The van der Waals surface area contributed by atoms with Crippen LogP contribution in [0.15, 0.2) is 0 Å². The fourth-order valence-corrected chi connectivity index (χ4v) is 4.19. The number of nitrogens with zero attached hydrogens (tertiary/aromatic N) is 2. The number of hydrogen-bond acceptors (Lipinski definition) is 4. The van der Waals surface area contributed by atoms with E-state index in [0.29, 0.717) is 25.8 Å². The molecule has 2 aliphatic heterocycles. The molecule has 1 aliphatic carbocycles. The first-order chi connectivity index (χ1) is 12.1. The summed E-state index contributed by atoms with van der Waals surface area (Å²) in [4.78, 5) is 39.3. The molecule has 7 nitrogen and oxygen atoms in total. The zero-order valence-corrected chi connectivity index (χ0v) is 15.0. The van der Waals surface area contributed by atoms with E-state index in [2.05, 4.69) is 15.6 Å². The number of hydrazine groups is 1. The summed E-state index contributed by atoms with van der Waals surface area (Å²) in [6.45, 7) is 2.74. The number of carbonyl (C=O) groups excluding carboxylic acids is 3. The topological polar surface area (TPSA) is 81.8 Å². The highest BCUT2D eigenvalue weighted by Crippen LogP contribution is 2.32. The average molecular weight is 350 g/mol. The molecule has 3 fully saturated rings. The summed E-state index contributed by atoms with van der Waals surface area (Å²) < 4.78 is 0. The first kappa shape index (κ1) is 18.2. The van der Waals surface area contributed by atoms with Crippen LogP contribution in [0, 0.1) is 0 Å². The van der Waals surface area contributed by atoms with Crippen LogP contribution >= 0.6 is 0 Å². The largest absolute Gasteiger partial charge is 0.344 e. The molecule has 0 radical (unpaired) electrons. The molecule has 0 aromatic rings. The van der Waals surface area contributed by atoms with Crippen LogP contribution in [-0.4, -0.2) is 52.9 Å². The molecule has 0 atom stereocenters. The van der Waals surface area contributed by atoms with Crippen molar-refractivity contribution in [3.8, 4) is 0 Å². The molecule has 0 aromatic heterocycles. The van der Waals surface area contributed by atoms with E-state index < -0.39 is 11.6 Å². The van der Waals surface area contributed by atoms with Crippen molar-refractivity contribution in [2.75, 3.05) is 19.6 Å². The third-order valence-corrected chi connectivity index (χ3v) is 5.71.